The first kappa shape index (κ1) is 20.8. The van der Waals surface area contributed by atoms with E-state index in [1.54, 1.807) is 37.8 Å². The van der Waals surface area contributed by atoms with Crippen molar-refractivity contribution >= 4 is 11.9 Å². The van der Waals surface area contributed by atoms with E-state index in [4.69, 9.17) is 4.74 Å². The van der Waals surface area contributed by atoms with Crippen LogP contribution >= 0.6 is 0 Å². The van der Waals surface area contributed by atoms with Crippen LogP contribution in [0, 0.1) is 12.7 Å². The van der Waals surface area contributed by atoms with E-state index in [-0.39, 0.29) is 36.7 Å². The molecule has 1 aliphatic heterocycles. The maximum atomic E-state index is 13.6. The summed E-state index contributed by atoms with van der Waals surface area (Å²) in [5.41, 5.74) is 3.69. The van der Waals surface area contributed by atoms with Crippen LogP contribution < -0.4 is 0 Å². The number of esters is 1. The molecular formula is C24H26FNO3. The van der Waals surface area contributed by atoms with Gasteiger partial charge >= 0.3 is 5.97 Å². The van der Waals surface area contributed by atoms with Crippen molar-refractivity contribution in [3.05, 3.63) is 82.3 Å². The van der Waals surface area contributed by atoms with E-state index in [0.29, 0.717) is 16.8 Å². The Hall–Kier alpha value is -2.95. The zero-order chi connectivity index (χ0) is 21.1. The first-order valence-electron chi connectivity index (χ1n) is 9.79. The zero-order valence-electron chi connectivity index (χ0n) is 17.2. The molecule has 0 saturated carbocycles. The molecule has 0 bridgehead atoms. The molecule has 0 N–H and O–H groups in total. The lowest BCUT2D eigenvalue weighted by Crippen LogP contribution is -2.38. The van der Waals surface area contributed by atoms with Crippen molar-refractivity contribution in [2.24, 2.45) is 0 Å². The lowest BCUT2D eigenvalue weighted by molar-refractivity contribution is -0.143. The quantitative estimate of drug-likeness (QED) is 0.678. The van der Waals surface area contributed by atoms with Crippen molar-refractivity contribution in [2.75, 3.05) is 0 Å². The van der Waals surface area contributed by atoms with E-state index in [1.807, 2.05) is 31.2 Å². The van der Waals surface area contributed by atoms with Gasteiger partial charge in [-0.05, 0) is 51.0 Å². The van der Waals surface area contributed by atoms with Crippen LogP contribution in [0.2, 0.25) is 0 Å². The number of allylic oxidation sites excluding steroid dienone is 1. The molecule has 0 aromatic heterocycles. The Morgan fingerprint density at radius 2 is 1.90 bits per heavy atom. The molecule has 1 aliphatic rings. The Bertz CT molecular complexity index is 964. The Morgan fingerprint density at radius 1 is 1.17 bits per heavy atom. The van der Waals surface area contributed by atoms with E-state index in [1.165, 1.54) is 12.1 Å². The van der Waals surface area contributed by atoms with Gasteiger partial charge < -0.3 is 9.64 Å². The van der Waals surface area contributed by atoms with Crippen molar-refractivity contribution in [2.45, 2.75) is 52.7 Å². The van der Waals surface area contributed by atoms with Crippen LogP contribution in [0.4, 0.5) is 4.39 Å². The van der Waals surface area contributed by atoms with Gasteiger partial charge in [0.25, 0.3) is 0 Å². The highest BCUT2D eigenvalue weighted by molar-refractivity contribution is 5.96. The number of hydrogen-bond donors (Lipinski definition) is 0. The van der Waals surface area contributed by atoms with Crippen molar-refractivity contribution in [1.82, 2.24) is 4.90 Å². The molecule has 0 radical (unpaired) electrons. The Morgan fingerprint density at radius 3 is 2.55 bits per heavy atom. The third-order valence-corrected chi connectivity index (χ3v) is 5.06. The van der Waals surface area contributed by atoms with Gasteiger partial charge in [-0.15, -0.1) is 0 Å². The van der Waals surface area contributed by atoms with Crippen molar-refractivity contribution in [3.8, 4) is 0 Å². The molecule has 3 rings (SSSR count). The zero-order valence-corrected chi connectivity index (χ0v) is 17.2. The average molecular weight is 395 g/mol. The fraction of sp³-hybridized carbons (Fsp3) is 0.333. The molecule has 1 heterocycles. The molecule has 1 amide bonds. The van der Waals surface area contributed by atoms with Crippen LogP contribution in [0.25, 0.3) is 0 Å². The number of carbonyl (C=O) groups is 2. The molecule has 2 aromatic carbocycles. The van der Waals surface area contributed by atoms with E-state index in [9.17, 15) is 14.0 Å². The third kappa shape index (κ3) is 4.73. The molecule has 0 saturated heterocycles. The minimum atomic E-state index is -0.416. The van der Waals surface area contributed by atoms with E-state index in [0.717, 1.165) is 11.1 Å². The van der Waals surface area contributed by atoms with Crippen LogP contribution in [-0.2, 0) is 20.9 Å². The van der Waals surface area contributed by atoms with Crippen LogP contribution in [0.1, 0.15) is 49.8 Å². The number of carbonyl (C=O) groups excluding carboxylic acids is 2. The second-order valence-corrected chi connectivity index (χ2v) is 7.73. The Balaban J connectivity index is 2.04. The van der Waals surface area contributed by atoms with Crippen LogP contribution in [0.5, 0.6) is 0 Å². The molecule has 152 valence electrons. The number of halogens is 1. The van der Waals surface area contributed by atoms with Gasteiger partial charge in [0, 0.05) is 18.0 Å². The SMILES string of the molecule is CC1=C(C(=O)OC(C)C)[C@H](c2cccc(C)c2)CC(=O)N1Cc1cccc(F)c1. The molecule has 0 fully saturated rings. The van der Waals surface area contributed by atoms with Gasteiger partial charge in [0.2, 0.25) is 5.91 Å². The van der Waals surface area contributed by atoms with Crippen molar-refractivity contribution in [3.63, 3.8) is 0 Å². The third-order valence-electron chi connectivity index (χ3n) is 5.06. The molecule has 0 unspecified atom stereocenters. The van der Waals surface area contributed by atoms with Gasteiger partial charge in [-0.2, -0.15) is 0 Å². The van der Waals surface area contributed by atoms with E-state index in [2.05, 4.69) is 0 Å². The summed E-state index contributed by atoms with van der Waals surface area (Å²) in [6.07, 6.45) is -0.103. The lowest BCUT2D eigenvalue weighted by Gasteiger charge is -2.35. The van der Waals surface area contributed by atoms with Gasteiger partial charge in [0.1, 0.15) is 5.82 Å². The molecule has 1 atom stereocenters. The molecule has 2 aromatic rings. The standard InChI is InChI=1S/C24H26FNO3/c1-15(2)29-24(28)23-17(4)26(14-18-8-6-10-20(25)12-18)22(27)13-21(23)19-9-5-7-16(3)11-19/h5-12,15,21H,13-14H2,1-4H3/t21-/m0/s1. The second kappa shape index (κ2) is 8.60. The summed E-state index contributed by atoms with van der Waals surface area (Å²) in [7, 11) is 0. The minimum absolute atomic E-state index is 0.0978. The van der Waals surface area contributed by atoms with E-state index < -0.39 is 5.97 Å². The molecule has 29 heavy (non-hydrogen) atoms. The summed E-state index contributed by atoms with van der Waals surface area (Å²) in [6.45, 7) is 7.55. The molecule has 4 nitrogen and oxygen atoms in total. The first-order valence-corrected chi connectivity index (χ1v) is 9.79. The predicted molar refractivity (Wildman–Crippen MR) is 109 cm³/mol. The summed E-state index contributed by atoms with van der Waals surface area (Å²) < 4.78 is 19.1. The fourth-order valence-electron chi connectivity index (χ4n) is 3.74. The number of aryl methyl sites for hydroxylation is 1. The highest BCUT2D eigenvalue weighted by Crippen LogP contribution is 2.38. The molecular weight excluding hydrogens is 369 g/mol. The first-order chi connectivity index (χ1) is 13.8. The summed E-state index contributed by atoms with van der Waals surface area (Å²) in [6, 6.07) is 14.0. The number of ether oxygens (including phenoxy) is 1. The Labute approximate surface area is 171 Å². The molecule has 0 spiro atoms. The molecule has 0 aliphatic carbocycles. The maximum Gasteiger partial charge on any atom is 0.336 e. The van der Waals surface area contributed by atoms with Crippen molar-refractivity contribution < 1.29 is 18.7 Å². The molecule has 5 heteroatoms. The number of nitrogens with zero attached hydrogens (tertiary/aromatic N) is 1. The van der Waals surface area contributed by atoms with Crippen LogP contribution in [0.3, 0.4) is 0 Å². The second-order valence-electron chi connectivity index (χ2n) is 7.73. The van der Waals surface area contributed by atoms with Gasteiger partial charge in [-0.3, -0.25) is 4.79 Å². The number of hydrogen-bond acceptors (Lipinski definition) is 3. The average Bonchev–Trinajstić information content (AvgIpc) is 2.64. The monoisotopic (exact) mass is 395 g/mol. The normalized spacial score (nSPS) is 17.1. The van der Waals surface area contributed by atoms with Gasteiger partial charge in [0.15, 0.2) is 0 Å². The van der Waals surface area contributed by atoms with Gasteiger partial charge in [-0.1, -0.05) is 42.0 Å². The fourth-order valence-corrected chi connectivity index (χ4v) is 3.74. The minimum Gasteiger partial charge on any atom is -0.460 e. The van der Waals surface area contributed by atoms with Gasteiger partial charge in [-0.25, -0.2) is 9.18 Å². The van der Waals surface area contributed by atoms with Crippen LogP contribution in [-0.4, -0.2) is 22.9 Å². The smallest absolute Gasteiger partial charge is 0.336 e. The highest BCUT2D eigenvalue weighted by Gasteiger charge is 2.37. The summed E-state index contributed by atoms with van der Waals surface area (Å²) in [4.78, 5) is 27.5. The predicted octanol–water partition coefficient (Wildman–Crippen LogP) is 4.88. The number of rotatable bonds is 5. The van der Waals surface area contributed by atoms with Crippen LogP contribution in [0.15, 0.2) is 59.8 Å². The largest absolute Gasteiger partial charge is 0.460 e. The summed E-state index contributed by atoms with van der Waals surface area (Å²) in [5.74, 6) is -1.23. The lowest BCUT2D eigenvalue weighted by atomic mass is 9.83. The van der Waals surface area contributed by atoms with Gasteiger partial charge in [0.05, 0.1) is 18.2 Å². The highest BCUT2D eigenvalue weighted by atomic mass is 19.1. The number of amides is 1. The van der Waals surface area contributed by atoms with E-state index >= 15 is 0 Å². The number of benzene rings is 2. The van der Waals surface area contributed by atoms with Crippen molar-refractivity contribution in [1.29, 1.82) is 0 Å². The maximum absolute atomic E-state index is 13.6. The Kier molecular flexibility index (Phi) is 6.16. The summed E-state index contributed by atoms with van der Waals surface area (Å²) >= 11 is 0. The topological polar surface area (TPSA) is 46.6 Å². The summed E-state index contributed by atoms with van der Waals surface area (Å²) in [5, 5.41) is 0.